The summed E-state index contributed by atoms with van der Waals surface area (Å²) in [5, 5.41) is 7.70. The molecule has 1 atom stereocenters. The van der Waals surface area contributed by atoms with E-state index in [1.807, 2.05) is 30.3 Å². The lowest BCUT2D eigenvalue weighted by Crippen LogP contribution is -2.13. The molecule has 1 aromatic heterocycles. The number of nitrogens with zero attached hydrogens (tertiary/aromatic N) is 3. The number of hydrogen-bond acceptors (Lipinski definition) is 4. The Balaban J connectivity index is 1.80. The molecule has 0 spiro atoms. The van der Waals surface area contributed by atoms with Crippen LogP contribution in [0.1, 0.15) is 30.1 Å². The Morgan fingerprint density at radius 2 is 2.11 bits per heavy atom. The van der Waals surface area contributed by atoms with E-state index in [0.29, 0.717) is 25.0 Å². The van der Waals surface area contributed by atoms with E-state index in [-0.39, 0.29) is 11.8 Å². The van der Waals surface area contributed by atoms with Crippen molar-refractivity contribution in [2.75, 3.05) is 0 Å². The molecule has 5 nitrogen and oxygen atoms in total. The number of nitrogens with two attached hydrogens (primary N) is 1. The predicted octanol–water partition coefficient (Wildman–Crippen LogP) is 1.41. The molecule has 2 aromatic rings. The topological polar surface area (TPSA) is 73.8 Å². The molecule has 0 aliphatic carbocycles. The Morgan fingerprint density at radius 1 is 1.37 bits per heavy atom. The van der Waals surface area contributed by atoms with E-state index in [0.717, 1.165) is 5.56 Å². The maximum absolute atomic E-state index is 11.8. The summed E-state index contributed by atoms with van der Waals surface area (Å²) in [6.45, 7) is 0. The van der Waals surface area contributed by atoms with E-state index in [1.54, 1.807) is 17.9 Å². The first kappa shape index (κ1) is 13.4. The fraction of sp³-hybridized carbons (Fsp3) is 0.357. The summed E-state index contributed by atoms with van der Waals surface area (Å²) in [4.78, 5) is 11.8. The summed E-state index contributed by atoms with van der Waals surface area (Å²) >= 11 is 0. The third-order valence-corrected chi connectivity index (χ3v) is 2.99. The maximum atomic E-state index is 11.8. The van der Waals surface area contributed by atoms with Crippen LogP contribution in [0.25, 0.3) is 0 Å². The van der Waals surface area contributed by atoms with Crippen LogP contribution in [0.15, 0.2) is 36.5 Å². The Kier molecular flexibility index (Phi) is 4.41. The second kappa shape index (κ2) is 6.24. The van der Waals surface area contributed by atoms with Crippen molar-refractivity contribution in [1.82, 2.24) is 15.0 Å². The molecule has 0 fully saturated rings. The number of aryl methyl sites for hydroxylation is 1. The van der Waals surface area contributed by atoms with Crippen molar-refractivity contribution < 1.29 is 4.79 Å². The maximum Gasteiger partial charge on any atom is 0.139 e. The van der Waals surface area contributed by atoms with Gasteiger partial charge in [0.25, 0.3) is 0 Å². The summed E-state index contributed by atoms with van der Waals surface area (Å²) in [7, 11) is 1.78. The molecular weight excluding hydrogens is 240 g/mol. The number of Topliss-reactive ketones (excluding diaryl/α,β-unsaturated/α-hetero) is 1. The average molecular weight is 258 g/mol. The molecule has 0 aliphatic rings. The van der Waals surface area contributed by atoms with Crippen LogP contribution >= 0.6 is 0 Å². The van der Waals surface area contributed by atoms with Crippen molar-refractivity contribution in [3.05, 3.63) is 47.8 Å². The Bertz CT molecular complexity index is 535. The van der Waals surface area contributed by atoms with Crippen molar-refractivity contribution in [1.29, 1.82) is 0 Å². The quantitative estimate of drug-likeness (QED) is 0.850. The van der Waals surface area contributed by atoms with Crippen LogP contribution in [-0.2, 0) is 18.3 Å². The highest BCUT2D eigenvalue weighted by Gasteiger charge is 2.11. The van der Waals surface area contributed by atoms with Crippen LogP contribution in [0.3, 0.4) is 0 Å². The molecule has 1 heterocycles. The standard InChI is InChI=1S/C14H18N4O/c1-18-10-12(16-17-18)9-13(19)7-8-14(15)11-5-3-2-4-6-11/h2-6,10,14H,7-9,15H2,1H3. The van der Waals surface area contributed by atoms with Gasteiger partial charge >= 0.3 is 0 Å². The monoisotopic (exact) mass is 258 g/mol. The van der Waals surface area contributed by atoms with Crippen LogP contribution in [0.4, 0.5) is 0 Å². The van der Waals surface area contributed by atoms with E-state index >= 15 is 0 Å². The zero-order valence-electron chi connectivity index (χ0n) is 11.0. The van der Waals surface area contributed by atoms with E-state index < -0.39 is 0 Å². The van der Waals surface area contributed by atoms with Crippen LogP contribution in [0.2, 0.25) is 0 Å². The van der Waals surface area contributed by atoms with Crippen LogP contribution in [0, 0.1) is 0 Å². The highest BCUT2D eigenvalue weighted by molar-refractivity contribution is 5.80. The molecule has 0 bridgehead atoms. The molecular formula is C14H18N4O. The normalized spacial score (nSPS) is 12.3. The van der Waals surface area contributed by atoms with Gasteiger partial charge in [-0.1, -0.05) is 35.5 Å². The summed E-state index contributed by atoms with van der Waals surface area (Å²) in [5.41, 5.74) is 7.83. The van der Waals surface area contributed by atoms with Crippen molar-refractivity contribution in [2.45, 2.75) is 25.3 Å². The lowest BCUT2D eigenvalue weighted by molar-refractivity contribution is -0.118. The smallest absolute Gasteiger partial charge is 0.139 e. The molecule has 0 saturated carbocycles. The zero-order valence-corrected chi connectivity index (χ0v) is 11.0. The van der Waals surface area contributed by atoms with Gasteiger partial charge in [0.2, 0.25) is 0 Å². The number of aromatic nitrogens is 3. The first-order valence-corrected chi connectivity index (χ1v) is 6.32. The number of carbonyl (C=O) groups is 1. The minimum Gasteiger partial charge on any atom is -0.324 e. The van der Waals surface area contributed by atoms with Crippen molar-refractivity contribution in [3.63, 3.8) is 0 Å². The van der Waals surface area contributed by atoms with Crippen LogP contribution in [-0.4, -0.2) is 20.8 Å². The molecule has 1 unspecified atom stereocenters. The van der Waals surface area contributed by atoms with E-state index in [2.05, 4.69) is 10.3 Å². The number of benzene rings is 1. The lowest BCUT2D eigenvalue weighted by atomic mass is 10.0. The van der Waals surface area contributed by atoms with Gasteiger partial charge in [-0.15, -0.1) is 5.10 Å². The second-order valence-electron chi connectivity index (χ2n) is 4.65. The molecule has 2 N–H and O–H groups in total. The summed E-state index contributed by atoms with van der Waals surface area (Å²) in [6.07, 6.45) is 3.21. The molecule has 2 rings (SSSR count). The fourth-order valence-electron chi connectivity index (χ4n) is 1.95. The highest BCUT2D eigenvalue weighted by Crippen LogP contribution is 2.15. The van der Waals surface area contributed by atoms with Gasteiger partial charge in [-0.25, -0.2) is 0 Å². The van der Waals surface area contributed by atoms with E-state index in [1.165, 1.54) is 0 Å². The van der Waals surface area contributed by atoms with Gasteiger partial charge in [0, 0.05) is 25.7 Å². The third-order valence-electron chi connectivity index (χ3n) is 2.99. The van der Waals surface area contributed by atoms with Crippen LogP contribution < -0.4 is 5.73 Å². The zero-order chi connectivity index (χ0) is 13.7. The molecule has 0 radical (unpaired) electrons. The second-order valence-corrected chi connectivity index (χ2v) is 4.65. The summed E-state index contributed by atoms with van der Waals surface area (Å²) < 4.78 is 1.60. The number of ketones is 1. The summed E-state index contributed by atoms with van der Waals surface area (Å²) in [6, 6.07) is 9.74. The van der Waals surface area contributed by atoms with Crippen molar-refractivity contribution >= 4 is 5.78 Å². The van der Waals surface area contributed by atoms with Gasteiger partial charge in [0.1, 0.15) is 5.78 Å². The van der Waals surface area contributed by atoms with Gasteiger partial charge in [-0.05, 0) is 12.0 Å². The molecule has 1 aromatic carbocycles. The predicted molar refractivity (Wildman–Crippen MR) is 72.3 cm³/mol. The third kappa shape index (κ3) is 3.99. The average Bonchev–Trinajstić information content (AvgIpc) is 2.82. The first-order valence-electron chi connectivity index (χ1n) is 6.32. The minimum atomic E-state index is -0.0907. The van der Waals surface area contributed by atoms with Gasteiger partial charge in [-0.3, -0.25) is 9.48 Å². The Labute approximate surface area is 112 Å². The molecule has 5 heteroatoms. The molecule has 0 amide bonds. The SMILES string of the molecule is Cn1cc(CC(=O)CCC(N)c2ccccc2)nn1. The van der Waals surface area contributed by atoms with Gasteiger partial charge < -0.3 is 5.73 Å². The van der Waals surface area contributed by atoms with Gasteiger partial charge in [0.15, 0.2) is 0 Å². The largest absolute Gasteiger partial charge is 0.324 e. The lowest BCUT2D eigenvalue weighted by Gasteiger charge is -2.10. The molecule has 0 saturated heterocycles. The Morgan fingerprint density at radius 3 is 2.74 bits per heavy atom. The highest BCUT2D eigenvalue weighted by atomic mass is 16.1. The van der Waals surface area contributed by atoms with Crippen LogP contribution in [0.5, 0.6) is 0 Å². The van der Waals surface area contributed by atoms with Crippen molar-refractivity contribution in [2.24, 2.45) is 12.8 Å². The molecule has 19 heavy (non-hydrogen) atoms. The van der Waals surface area contributed by atoms with E-state index in [4.69, 9.17) is 5.73 Å². The summed E-state index contributed by atoms with van der Waals surface area (Å²) in [5.74, 6) is 0.145. The van der Waals surface area contributed by atoms with Gasteiger partial charge in [-0.2, -0.15) is 0 Å². The van der Waals surface area contributed by atoms with Crippen molar-refractivity contribution in [3.8, 4) is 0 Å². The number of hydrogen-bond donors (Lipinski definition) is 1. The number of rotatable bonds is 6. The van der Waals surface area contributed by atoms with Gasteiger partial charge in [0.05, 0.1) is 12.1 Å². The Hall–Kier alpha value is -2.01. The van der Waals surface area contributed by atoms with E-state index in [9.17, 15) is 4.79 Å². The number of carbonyl (C=O) groups excluding carboxylic acids is 1. The fourth-order valence-corrected chi connectivity index (χ4v) is 1.95. The molecule has 0 aliphatic heterocycles. The first-order chi connectivity index (χ1) is 9.15. The molecule has 100 valence electrons. The minimum absolute atomic E-state index is 0.0907.